The number of rotatable bonds is 1. The first kappa shape index (κ1) is 10.6. The standard InChI is InChI=1S/C11H17N3OS/c15-10-5-1-4-9-12-11(13-14(9)10)8-3-2-6-16-7-8/h8,10,15H,1-7H2. The molecular formula is C11H17N3OS. The highest BCUT2D eigenvalue weighted by molar-refractivity contribution is 7.99. The van der Waals surface area contributed by atoms with Crippen molar-refractivity contribution in [3.8, 4) is 0 Å². The molecule has 3 heterocycles. The van der Waals surface area contributed by atoms with E-state index in [1.807, 2.05) is 11.8 Å². The Morgan fingerprint density at radius 2 is 2.25 bits per heavy atom. The Morgan fingerprint density at radius 1 is 1.31 bits per heavy atom. The maximum atomic E-state index is 9.83. The van der Waals surface area contributed by atoms with Gasteiger partial charge in [-0.15, -0.1) is 0 Å². The molecule has 1 N–H and O–H groups in total. The average Bonchev–Trinajstić information content (AvgIpc) is 2.76. The minimum absolute atomic E-state index is 0.443. The van der Waals surface area contributed by atoms with E-state index in [4.69, 9.17) is 0 Å². The summed E-state index contributed by atoms with van der Waals surface area (Å²) in [5.41, 5.74) is 0. The van der Waals surface area contributed by atoms with Crippen molar-refractivity contribution in [2.24, 2.45) is 0 Å². The Balaban J connectivity index is 1.85. The van der Waals surface area contributed by atoms with Crippen LogP contribution >= 0.6 is 11.8 Å². The molecule has 5 heteroatoms. The zero-order valence-electron chi connectivity index (χ0n) is 9.30. The van der Waals surface area contributed by atoms with Gasteiger partial charge < -0.3 is 5.11 Å². The summed E-state index contributed by atoms with van der Waals surface area (Å²) in [5, 5.41) is 14.3. The average molecular weight is 239 g/mol. The molecule has 0 aromatic carbocycles. The zero-order chi connectivity index (χ0) is 11.0. The van der Waals surface area contributed by atoms with Crippen LogP contribution in [-0.2, 0) is 6.42 Å². The van der Waals surface area contributed by atoms with Crippen LogP contribution < -0.4 is 0 Å². The molecule has 1 aromatic heterocycles. The first-order chi connectivity index (χ1) is 7.84. The zero-order valence-corrected chi connectivity index (χ0v) is 10.1. The number of hydrogen-bond acceptors (Lipinski definition) is 4. The number of thioether (sulfide) groups is 1. The predicted octanol–water partition coefficient (Wildman–Crippen LogP) is 1.72. The smallest absolute Gasteiger partial charge is 0.154 e. The Morgan fingerprint density at radius 3 is 3.00 bits per heavy atom. The summed E-state index contributed by atoms with van der Waals surface area (Å²) in [6.07, 6.45) is 4.83. The highest BCUT2D eigenvalue weighted by atomic mass is 32.2. The van der Waals surface area contributed by atoms with Crippen molar-refractivity contribution in [3.05, 3.63) is 11.6 Å². The second-order valence-corrected chi connectivity index (χ2v) is 5.77. The molecule has 1 aromatic rings. The summed E-state index contributed by atoms with van der Waals surface area (Å²) >= 11 is 1.99. The molecule has 0 radical (unpaired) electrons. The van der Waals surface area contributed by atoms with Gasteiger partial charge in [-0.25, -0.2) is 9.67 Å². The van der Waals surface area contributed by atoms with Crippen LogP contribution in [-0.4, -0.2) is 31.4 Å². The van der Waals surface area contributed by atoms with Crippen molar-refractivity contribution in [1.82, 2.24) is 14.8 Å². The third-order valence-electron chi connectivity index (χ3n) is 3.39. The summed E-state index contributed by atoms with van der Waals surface area (Å²) in [4.78, 5) is 4.60. The van der Waals surface area contributed by atoms with E-state index in [0.717, 1.165) is 36.7 Å². The molecule has 2 unspecified atom stereocenters. The molecule has 4 nitrogen and oxygen atoms in total. The molecule has 2 atom stereocenters. The van der Waals surface area contributed by atoms with E-state index in [2.05, 4.69) is 10.1 Å². The molecule has 0 saturated carbocycles. The normalized spacial score (nSPS) is 30.1. The van der Waals surface area contributed by atoms with E-state index in [1.165, 1.54) is 18.6 Å². The molecule has 88 valence electrons. The topological polar surface area (TPSA) is 50.9 Å². The van der Waals surface area contributed by atoms with Crippen LogP contribution in [0.15, 0.2) is 0 Å². The lowest BCUT2D eigenvalue weighted by Crippen LogP contribution is -2.18. The fraction of sp³-hybridized carbons (Fsp3) is 0.818. The van der Waals surface area contributed by atoms with E-state index in [0.29, 0.717) is 5.92 Å². The second kappa shape index (κ2) is 4.37. The van der Waals surface area contributed by atoms with Crippen LogP contribution in [0.4, 0.5) is 0 Å². The minimum Gasteiger partial charge on any atom is -0.372 e. The lowest BCUT2D eigenvalue weighted by Gasteiger charge is -2.18. The summed E-state index contributed by atoms with van der Waals surface area (Å²) < 4.78 is 1.73. The van der Waals surface area contributed by atoms with E-state index >= 15 is 0 Å². The van der Waals surface area contributed by atoms with Gasteiger partial charge in [-0.05, 0) is 31.4 Å². The summed E-state index contributed by atoms with van der Waals surface area (Å²) in [6.45, 7) is 0. The summed E-state index contributed by atoms with van der Waals surface area (Å²) in [6, 6.07) is 0. The monoisotopic (exact) mass is 239 g/mol. The van der Waals surface area contributed by atoms with Crippen molar-refractivity contribution in [2.75, 3.05) is 11.5 Å². The fourth-order valence-corrected chi connectivity index (χ4v) is 3.60. The third-order valence-corrected chi connectivity index (χ3v) is 4.60. The largest absolute Gasteiger partial charge is 0.372 e. The number of aliphatic hydroxyl groups excluding tert-OH is 1. The highest BCUT2D eigenvalue weighted by Crippen LogP contribution is 2.31. The van der Waals surface area contributed by atoms with Crippen molar-refractivity contribution in [1.29, 1.82) is 0 Å². The minimum atomic E-state index is -0.443. The molecule has 0 spiro atoms. The predicted molar refractivity (Wildman–Crippen MR) is 63.5 cm³/mol. The molecule has 3 rings (SSSR count). The second-order valence-electron chi connectivity index (χ2n) is 4.62. The van der Waals surface area contributed by atoms with Gasteiger partial charge in [0, 0.05) is 18.1 Å². The number of fused-ring (bicyclic) bond motifs is 1. The lowest BCUT2D eigenvalue weighted by atomic mass is 10.1. The first-order valence-corrected chi connectivity index (χ1v) is 7.21. The van der Waals surface area contributed by atoms with Gasteiger partial charge in [-0.2, -0.15) is 16.9 Å². The molecule has 0 aliphatic carbocycles. The van der Waals surface area contributed by atoms with E-state index in [1.54, 1.807) is 4.68 Å². The van der Waals surface area contributed by atoms with Crippen molar-refractivity contribution in [3.63, 3.8) is 0 Å². The fourth-order valence-electron chi connectivity index (χ4n) is 2.47. The number of aryl methyl sites for hydroxylation is 1. The molecular weight excluding hydrogens is 222 g/mol. The van der Waals surface area contributed by atoms with Crippen LogP contribution in [0.25, 0.3) is 0 Å². The van der Waals surface area contributed by atoms with Crippen molar-refractivity contribution >= 4 is 11.8 Å². The van der Waals surface area contributed by atoms with Gasteiger partial charge in [-0.3, -0.25) is 0 Å². The molecule has 16 heavy (non-hydrogen) atoms. The number of hydrogen-bond donors (Lipinski definition) is 1. The molecule has 2 aliphatic heterocycles. The lowest BCUT2D eigenvalue weighted by molar-refractivity contribution is 0.0643. The van der Waals surface area contributed by atoms with Gasteiger partial charge in [-0.1, -0.05) is 0 Å². The number of aromatic nitrogens is 3. The van der Waals surface area contributed by atoms with E-state index in [9.17, 15) is 5.11 Å². The van der Waals surface area contributed by atoms with Gasteiger partial charge in [0.1, 0.15) is 12.1 Å². The molecule has 2 aliphatic rings. The Labute approximate surface area is 99.4 Å². The van der Waals surface area contributed by atoms with Gasteiger partial charge in [0.15, 0.2) is 5.82 Å². The number of nitrogens with zero attached hydrogens (tertiary/aromatic N) is 3. The molecule has 1 saturated heterocycles. The first-order valence-electron chi connectivity index (χ1n) is 6.06. The van der Waals surface area contributed by atoms with Gasteiger partial charge >= 0.3 is 0 Å². The van der Waals surface area contributed by atoms with Gasteiger partial charge in [0.2, 0.25) is 0 Å². The maximum absolute atomic E-state index is 9.83. The Hall–Kier alpha value is -0.550. The molecule has 1 fully saturated rings. The van der Waals surface area contributed by atoms with Crippen LogP contribution in [0.3, 0.4) is 0 Å². The van der Waals surface area contributed by atoms with Crippen molar-refractivity contribution < 1.29 is 5.11 Å². The Kier molecular flexibility index (Phi) is 2.90. The van der Waals surface area contributed by atoms with Crippen LogP contribution in [0.1, 0.15) is 49.5 Å². The van der Waals surface area contributed by atoms with E-state index in [-0.39, 0.29) is 0 Å². The maximum Gasteiger partial charge on any atom is 0.154 e. The molecule has 0 amide bonds. The summed E-state index contributed by atoms with van der Waals surface area (Å²) in [5.74, 6) is 4.85. The van der Waals surface area contributed by atoms with Crippen LogP contribution in [0, 0.1) is 0 Å². The van der Waals surface area contributed by atoms with Crippen LogP contribution in [0.2, 0.25) is 0 Å². The quantitative estimate of drug-likeness (QED) is 0.810. The van der Waals surface area contributed by atoms with Gasteiger partial charge in [0.25, 0.3) is 0 Å². The summed E-state index contributed by atoms with van der Waals surface area (Å²) in [7, 11) is 0. The highest BCUT2D eigenvalue weighted by Gasteiger charge is 2.25. The van der Waals surface area contributed by atoms with Crippen molar-refractivity contribution in [2.45, 2.75) is 44.2 Å². The molecule has 0 bridgehead atoms. The third kappa shape index (κ3) is 1.86. The van der Waals surface area contributed by atoms with Gasteiger partial charge in [0.05, 0.1) is 0 Å². The Bertz CT molecular complexity index is 373. The van der Waals surface area contributed by atoms with Crippen LogP contribution in [0.5, 0.6) is 0 Å². The van der Waals surface area contributed by atoms with E-state index < -0.39 is 6.23 Å². The number of aliphatic hydroxyl groups is 1. The SMILES string of the molecule is OC1CCCc2nc(C3CCCSC3)nn21.